The van der Waals surface area contributed by atoms with E-state index in [4.69, 9.17) is 0 Å². The molecule has 3 aromatic rings. The van der Waals surface area contributed by atoms with Crippen molar-refractivity contribution in [1.82, 2.24) is 36.2 Å². The highest BCUT2D eigenvalue weighted by Crippen LogP contribution is 2.49. The molecule has 0 aromatic carbocycles. The molecule has 1 aliphatic carbocycles. The molecule has 1 saturated heterocycles. The zero-order valence-electron chi connectivity index (χ0n) is 20.5. The average molecular weight is 523 g/mol. The molecule has 0 saturated carbocycles. The van der Waals surface area contributed by atoms with Gasteiger partial charge in [0.2, 0.25) is 0 Å². The Morgan fingerprint density at radius 1 is 1.42 bits per heavy atom. The van der Waals surface area contributed by atoms with Gasteiger partial charge in [0.05, 0.1) is 16.4 Å². The lowest BCUT2D eigenvalue weighted by atomic mass is 9.70. The van der Waals surface area contributed by atoms with Gasteiger partial charge < -0.3 is 15.5 Å². The van der Waals surface area contributed by atoms with Gasteiger partial charge in [-0.05, 0) is 67.7 Å². The lowest BCUT2D eigenvalue weighted by molar-refractivity contribution is 0.0967. The minimum Gasteiger partial charge on any atom is -0.358 e. The molecule has 3 aromatic heterocycles. The summed E-state index contributed by atoms with van der Waals surface area (Å²) in [5, 5.41) is 33.6. The molecule has 0 bridgehead atoms. The predicted molar refractivity (Wildman–Crippen MR) is 140 cm³/mol. The number of nitrogens with zero attached hydrogens (tertiary/aromatic N) is 5. The first kappa shape index (κ1) is 24.6. The molecule has 2 unspecified atom stereocenters. The van der Waals surface area contributed by atoms with Gasteiger partial charge in [-0.2, -0.15) is 10.5 Å². The maximum atomic E-state index is 12.6. The molecule has 1 amide bonds. The van der Waals surface area contributed by atoms with Crippen molar-refractivity contribution in [3.8, 4) is 6.07 Å². The van der Waals surface area contributed by atoms with Crippen molar-refractivity contribution in [2.24, 2.45) is 0 Å². The van der Waals surface area contributed by atoms with Crippen LogP contribution in [0, 0.1) is 11.3 Å². The van der Waals surface area contributed by atoms with Crippen LogP contribution in [0.25, 0.3) is 0 Å². The van der Waals surface area contributed by atoms with Crippen molar-refractivity contribution < 1.29 is 4.79 Å². The summed E-state index contributed by atoms with van der Waals surface area (Å²) in [7, 11) is 1.66. The Kier molecular flexibility index (Phi) is 6.92. The van der Waals surface area contributed by atoms with Crippen molar-refractivity contribution in [3.63, 3.8) is 0 Å². The van der Waals surface area contributed by atoms with Crippen LogP contribution in [0.3, 0.4) is 0 Å². The van der Waals surface area contributed by atoms with Crippen LogP contribution in [-0.4, -0.2) is 63.7 Å². The number of thiophene rings is 2. The van der Waals surface area contributed by atoms with E-state index in [1.165, 1.54) is 15.3 Å². The quantitative estimate of drug-likeness (QED) is 0.416. The Hall–Kier alpha value is -3.07. The van der Waals surface area contributed by atoms with E-state index in [1.54, 1.807) is 29.7 Å². The van der Waals surface area contributed by atoms with E-state index in [-0.39, 0.29) is 18.0 Å². The largest absolute Gasteiger partial charge is 0.358 e. The summed E-state index contributed by atoms with van der Waals surface area (Å²) >= 11 is 3.31. The Balaban J connectivity index is 1.50. The molecule has 9 nitrogen and oxygen atoms in total. The van der Waals surface area contributed by atoms with Crippen LogP contribution < -0.4 is 10.6 Å². The predicted octanol–water partition coefficient (Wildman–Crippen LogP) is 2.99. The number of aromatic amines is 1. The van der Waals surface area contributed by atoms with Crippen molar-refractivity contribution in [1.29, 1.82) is 5.26 Å². The fourth-order valence-electron chi connectivity index (χ4n) is 5.60. The van der Waals surface area contributed by atoms with Gasteiger partial charge in [0.15, 0.2) is 5.82 Å². The fourth-order valence-corrected chi connectivity index (χ4v) is 7.74. The lowest BCUT2D eigenvalue weighted by Gasteiger charge is -2.34. The zero-order valence-corrected chi connectivity index (χ0v) is 22.1. The number of tetrazole rings is 1. The number of carbonyl (C=O) groups is 1. The summed E-state index contributed by atoms with van der Waals surface area (Å²) in [4.78, 5) is 17.9. The van der Waals surface area contributed by atoms with E-state index >= 15 is 0 Å². The summed E-state index contributed by atoms with van der Waals surface area (Å²) in [5.41, 5.74) is 2.56. The number of nitrogens with one attached hydrogen (secondary N) is 3. The summed E-state index contributed by atoms with van der Waals surface area (Å²) in [6.45, 7) is 7.89. The zero-order chi connectivity index (χ0) is 25.3. The summed E-state index contributed by atoms with van der Waals surface area (Å²) in [5.74, 6) is 0.531. The number of carbonyl (C=O) groups excluding carboxylic acids is 1. The second-order valence-electron chi connectivity index (χ2n) is 9.46. The smallest absolute Gasteiger partial charge is 0.261 e. The van der Waals surface area contributed by atoms with Crippen LogP contribution in [0.15, 0.2) is 29.8 Å². The SMILES string of the molecule is C=C(CN[C@H](C)CC1(c2nn[nH]n2)c2ccsc2CCc2sc(C(=O)NC)cc21)N1CCCC1C#N. The first-order valence-corrected chi connectivity index (χ1v) is 13.9. The van der Waals surface area contributed by atoms with Gasteiger partial charge in [-0.3, -0.25) is 4.79 Å². The Morgan fingerprint density at radius 2 is 2.25 bits per heavy atom. The molecule has 0 radical (unpaired) electrons. The molecular formula is C25H30N8OS2. The second-order valence-corrected chi connectivity index (χ2v) is 11.6. The number of fused-ring (bicyclic) bond motifs is 2. The van der Waals surface area contributed by atoms with Crippen LogP contribution in [0.5, 0.6) is 0 Å². The first-order chi connectivity index (χ1) is 17.5. The first-order valence-electron chi connectivity index (χ1n) is 12.2. The standard InChI is InChI=1S/C25H30N8OS2/c1-15(28-14-16(2)33-9-4-5-17(33)13-26)12-25(24-29-31-32-30-24)18-8-10-35-20(18)6-7-21-19(25)11-22(36-21)23(34)27-3/h8,10-11,15,17,28H,2,4-7,9,12,14H2,1,3H3,(H,27,34)(H,29,30,31,32)/t15-,17?,25?/m1/s1. The normalized spacial score (nSPS) is 21.8. The van der Waals surface area contributed by atoms with E-state index in [2.05, 4.69) is 67.2 Å². The van der Waals surface area contributed by atoms with E-state index in [1.807, 2.05) is 6.07 Å². The number of nitriles is 1. The molecule has 3 N–H and O–H groups in total. The molecule has 188 valence electrons. The number of rotatable bonds is 8. The van der Waals surface area contributed by atoms with Crippen LogP contribution in [0.4, 0.5) is 0 Å². The van der Waals surface area contributed by atoms with Gasteiger partial charge >= 0.3 is 0 Å². The number of aryl methyl sites for hydroxylation is 2. The molecule has 11 heteroatoms. The minimum atomic E-state index is -0.645. The van der Waals surface area contributed by atoms with Gasteiger partial charge in [0, 0.05) is 41.6 Å². The van der Waals surface area contributed by atoms with Crippen LogP contribution in [-0.2, 0) is 18.3 Å². The Bertz CT molecular complexity index is 1290. The van der Waals surface area contributed by atoms with Crippen molar-refractivity contribution >= 4 is 28.6 Å². The number of hydrogen-bond acceptors (Lipinski definition) is 9. The highest BCUT2D eigenvalue weighted by Gasteiger charge is 2.47. The topological polar surface area (TPSA) is 123 Å². The monoisotopic (exact) mass is 522 g/mol. The molecule has 36 heavy (non-hydrogen) atoms. The third-order valence-corrected chi connectivity index (χ3v) is 9.48. The van der Waals surface area contributed by atoms with Crippen molar-refractivity contribution in [3.05, 3.63) is 61.4 Å². The lowest BCUT2D eigenvalue weighted by Crippen LogP contribution is -2.41. The third kappa shape index (κ3) is 4.23. The van der Waals surface area contributed by atoms with Gasteiger partial charge in [-0.25, -0.2) is 0 Å². The fraction of sp³-hybridized carbons (Fsp3) is 0.480. The molecule has 5 rings (SSSR count). The summed E-state index contributed by atoms with van der Waals surface area (Å²) in [6.07, 6.45) is 4.37. The minimum absolute atomic E-state index is 0.0606. The number of aromatic nitrogens is 4. The van der Waals surface area contributed by atoms with E-state index in [9.17, 15) is 10.1 Å². The van der Waals surface area contributed by atoms with Crippen molar-refractivity contribution in [2.45, 2.75) is 56.5 Å². The van der Waals surface area contributed by atoms with Crippen LogP contribution >= 0.6 is 22.7 Å². The highest BCUT2D eigenvalue weighted by molar-refractivity contribution is 7.14. The summed E-state index contributed by atoms with van der Waals surface area (Å²) in [6, 6.07) is 6.56. The molecule has 3 atom stereocenters. The summed E-state index contributed by atoms with van der Waals surface area (Å²) < 4.78 is 0. The van der Waals surface area contributed by atoms with Crippen LogP contribution in [0.2, 0.25) is 0 Å². The molecule has 4 heterocycles. The third-order valence-electron chi connectivity index (χ3n) is 7.31. The van der Waals surface area contributed by atoms with E-state index < -0.39 is 5.41 Å². The van der Waals surface area contributed by atoms with Gasteiger partial charge in [0.1, 0.15) is 6.04 Å². The molecule has 2 aliphatic rings. The second kappa shape index (κ2) is 10.1. The molecule has 0 spiro atoms. The maximum Gasteiger partial charge on any atom is 0.261 e. The number of amides is 1. The number of likely N-dealkylation sites (tertiary alicyclic amines) is 1. The van der Waals surface area contributed by atoms with Gasteiger partial charge in [0.25, 0.3) is 5.91 Å². The number of H-pyrrole nitrogens is 1. The maximum absolute atomic E-state index is 12.6. The molecular weight excluding hydrogens is 492 g/mol. The molecule has 1 fully saturated rings. The van der Waals surface area contributed by atoms with Crippen molar-refractivity contribution in [2.75, 3.05) is 20.1 Å². The van der Waals surface area contributed by atoms with E-state index in [0.29, 0.717) is 23.7 Å². The Labute approximate surface area is 218 Å². The average Bonchev–Trinajstić information content (AvgIpc) is 3.69. The highest BCUT2D eigenvalue weighted by atomic mass is 32.1. The van der Waals surface area contributed by atoms with Gasteiger partial charge in [-0.15, -0.1) is 32.9 Å². The Morgan fingerprint density at radius 3 is 3.00 bits per heavy atom. The number of hydrogen-bond donors (Lipinski definition) is 3. The van der Waals surface area contributed by atoms with Gasteiger partial charge in [-0.1, -0.05) is 11.8 Å². The van der Waals surface area contributed by atoms with E-state index in [0.717, 1.165) is 43.5 Å². The molecule has 1 aliphatic heterocycles. The van der Waals surface area contributed by atoms with Crippen LogP contribution in [0.1, 0.15) is 62.6 Å².